The Bertz CT molecular complexity index is 1180. The molecule has 0 bridgehead atoms. The van der Waals surface area contributed by atoms with E-state index in [1.807, 2.05) is 6.92 Å². The number of H-pyrrole nitrogens is 1. The number of nitrogens with one attached hydrogen (secondary N) is 1. The molecule has 2 heterocycles. The monoisotopic (exact) mass is 463 g/mol. The van der Waals surface area contributed by atoms with Crippen LogP contribution in [-0.4, -0.2) is 48.3 Å². The SMILES string of the molecule is CCCCn1c(N)c(N(C)C(=O)C2CCN(S(=O)(=O)c3ccccc3)CC2)c(=O)[nH]c1=O. The van der Waals surface area contributed by atoms with E-state index >= 15 is 0 Å². The van der Waals surface area contributed by atoms with Crippen molar-refractivity contribution >= 4 is 27.4 Å². The van der Waals surface area contributed by atoms with Gasteiger partial charge in [0.15, 0.2) is 5.69 Å². The minimum absolute atomic E-state index is 0.0489. The molecule has 2 aromatic rings. The Kier molecular flexibility index (Phi) is 7.19. The lowest BCUT2D eigenvalue weighted by Crippen LogP contribution is -2.45. The third-order valence-electron chi connectivity index (χ3n) is 5.80. The van der Waals surface area contributed by atoms with Crippen molar-refractivity contribution in [1.29, 1.82) is 0 Å². The lowest BCUT2D eigenvalue weighted by molar-refractivity contribution is -0.123. The summed E-state index contributed by atoms with van der Waals surface area (Å²) in [7, 11) is -2.17. The van der Waals surface area contributed by atoms with Gasteiger partial charge in [0.1, 0.15) is 5.82 Å². The van der Waals surface area contributed by atoms with Gasteiger partial charge in [-0.1, -0.05) is 31.5 Å². The number of sulfonamides is 1. The van der Waals surface area contributed by atoms with Crippen molar-refractivity contribution in [1.82, 2.24) is 13.9 Å². The lowest BCUT2D eigenvalue weighted by Gasteiger charge is -2.32. The molecule has 0 saturated carbocycles. The molecule has 0 radical (unpaired) electrons. The Hall–Kier alpha value is -2.92. The first kappa shape index (κ1) is 23.7. The van der Waals surface area contributed by atoms with Crippen LogP contribution < -0.4 is 21.9 Å². The van der Waals surface area contributed by atoms with Crippen LogP contribution in [-0.2, 0) is 21.4 Å². The van der Waals surface area contributed by atoms with Gasteiger partial charge in [-0.05, 0) is 31.4 Å². The van der Waals surface area contributed by atoms with E-state index in [4.69, 9.17) is 5.73 Å². The van der Waals surface area contributed by atoms with Crippen LogP contribution in [0.4, 0.5) is 11.5 Å². The smallest absolute Gasteiger partial charge is 0.330 e. The van der Waals surface area contributed by atoms with Gasteiger partial charge in [-0.2, -0.15) is 4.31 Å². The highest BCUT2D eigenvalue weighted by Crippen LogP contribution is 2.26. The maximum absolute atomic E-state index is 13.1. The minimum Gasteiger partial charge on any atom is -0.383 e. The molecule has 1 aliphatic rings. The Labute approximate surface area is 186 Å². The molecule has 1 fully saturated rings. The summed E-state index contributed by atoms with van der Waals surface area (Å²) < 4.78 is 28.2. The fourth-order valence-corrected chi connectivity index (χ4v) is 5.40. The number of rotatable bonds is 7. The largest absolute Gasteiger partial charge is 0.383 e. The molecule has 1 aromatic carbocycles. The average molecular weight is 464 g/mol. The maximum atomic E-state index is 13.1. The molecule has 10 nitrogen and oxygen atoms in total. The summed E-state index contributed by atoms with van der Waals surface area (Å²) in [5, 5.41) is 0. The van der Waals surface area contributed by atoms with Crippen LogP contribution in [0.1, 0.15) is 32.6 Å². The van der Waals surface area contributed by atoms with Gasteiger partial charge in [-0.15, -0.1) is 0 Å². The van der Waals surface area contributed by atoms with Crippen molar-refractivity contribution in [2.24, 2.45) is 5.92 Å². The minimum atomic E-state index is -3.62. The van der Waals surface area contributed by atoms with Crippen LogP contribution in [0, 0.1) is 5.92 Å². The first-order valence-electron chi connectivity index (χ1n) is 10.6. The van der Waals surface area contributed by atoms with Crippen LogP contribution in [0.5, 0.6) is 0 Å². The third kappa shape index (κ3) is 4.63. The molecule has 0 spiro atoms. The number of nitrogens with two attached hydrogens (primary N) is 1. The van der Waals surface area contributed by atoms with Gasteiger partial charge in [-0.25, -0.2) is 13.2 Å². The molecule has 1 aliphatic heterocycles. The van der Waals surface area contributed by atoms with Crippen molar-refractivity contribution in [2.45, 2.75) is 44.0 Å². The van der Waals surface area contributed by atoms with E-state index in [1.165, 1.54) is 20.8 Å². The average Bonchev–Trinajstić information content (AvgIpc) is 2.79. The third-order valence-corrected chi connectivity index (χ3v) is 7.71. The van der Waals surface area contributed by atoms with Crippen molar-refractivity contribution in [3.8, 4) is 0 Å². The van der Waals surface area contributed by atoms with Gasteiger partial charge in [0.25, 0.3) is 5.56 Å². The number of aromatic nitrogens is 2. The van der Waals surface area contributed by atoms with Crippen LogP contribution in [0.25, 0.3) is 0 Å². The number of hydrogen-bond donors (Lipinski definition) is 2. The molecule has 32 heavy (non-hydrogen) atoms. The molecule has 174 valence electrons. The standard InChI is InChI=1S/C21H29N5O5S/c1-3-4-12-26-18(22)17(19(27)23-21(26)29)24(2)20(28)15-10-13-25(14-11-15)32(30,31)16-8-6-5-7-9-16/h5-9,15H,3-4,10-14,22H2,1-2H3,(H,23,27,29). The van der Waals surface area contributed by atoms with Crippen molar-refractivity contribution < 1.29 is 13.2 Å². The number of nitrogen functional groups attached to an aromatic ring is 1. The molecule has 3 N–H and O–H groups in total. The fraction of sp³-hybridized carbons (Fsp3) is 0.476. The van der Waals surface area contributed by atoms with Crippen molar-refractivity contribution in [3.05, 3.63) is 51.2 Å². The van der Waals surface area contributed by atoms with E-state index in [0.29, 0.717) is 25.8 Å². The fourth-order valence-electron chi connectivity index (χ4n) is 3.91. The topological polar surface area (TPSA) is 139 Å². The summed E-state index contributed by atoms with van der Waals surface area (Å²) in [4.78, 5) is 41.3. The summed E-state index contributed by atoms with van der Waals surface area (Å²) in [6, 6.07) is 8.17. The molecule has 0 atom stereocenters. The zero-order valence-corrected chi connectivity index (χ0v) is 19.1. The number of hydrogen-bond acceptors (Lipinski definition) is 6. The number of carbonyl (C=O) groups is 1. The first-order chi connectivity index (χ1) is 15.2. The number of amides is 1. The number of anilines is 2. The number of piperidine rings is 1. The van der Waals surface area contributed by atoms with Crippen LogP contribution in [0.2, 0.25) is 0 Å². The predicted molar refractivity (Wildman–Crippen MR) is 122 cm³/mol. The zero-order valence-electron chi connectivity index (χ0n) is 18.3. The second-order valence-electron chi connectivity index (χ2n) is 7.89. The van der Waals surface area contributed by atoms with Crippen molar-refractivity contribution in [2.75, 3.05) is 30.8 Å². The van der Waals surface area contributed by atoms with Gasteiger partial charge >= 0.3 is 5.69 Å². The molecule has 3 rings (SSSR count). The highest BCUT2D eigenvalue weighted by atomic mass is 32.2. The highest BCUT2D eigenvalue weighted by molar-refractivity contribution is 7.89. The number of unbranched alkanes of at least 4 members (excludes halogenated alkanes) is 1. The van der Waals surface area contributed by atoms with E-state index in [9.17, 15) is 22.8 Å². The summed E-state index contributed by atoms with van der Waals surface area (Å²) in [6.07, 6.45) is 2.17. The first-order valence-corrected chi connectivity index (χ1v) is 12.1. The van der Waals surface area contributed by atoms with E-state index < -0.39 is 27.2 Å². The zero-order chi connectivity index (χ0) is 23.5. The van der Waals surface area contributed by atoms with Crippen LogP contribution in [0.15, 0.2) is 44.8 Å². The number of aromatic amines is 1. The molecule has 0 aliphatic carbocycles. The second kappa shape index (κ2) is 9.70. The molecule has 1 amide bonds. The second-order valence-corrected chi connectivity index (χ2v) is 9.82. The molecule has 1 saturated heterocycles. The highest BCUT2D eigenvalue weighted by Gasteiger charge is 2.34. The summed E-state index contributed by atoms with van der Waals surface area (Å²) in [5.41, 5.74) is 4.71. The van der Waals surface area contributed by atoms with E-state index in [2.05, 4.69) is 4.98 Å². The molecule has 1 aromatic heterocycles. The van der Waals surface area contributed by atoms with Gasteiger partial charge < -0.3 is 10.6 Å². The van der Waals surface area contributed by atoms with E-state index in [1.54, 1.807) is 30.3 Å². The number of benzene rings is 1. The summed E-state index contributed by atoms with van der Waals surface area (Å²) in [5.74, 6) is -0.844. The number of carbonyl (C=O) groups excluding carboxylic acids is 1. The summed E-state index contributed by atoms with van der Waals surface area (Å²) in [6.45, 7) is 2.70. The van der Waals surface area contributed by atoms with Crippen LogP contribution in [0.3, 0.4) is 0 Å². The Morgan fingerprint density at radius 2 is 1.81 bits per heavy atom. The molecular weight excluding hydrogens is 434 g/mol. The molecule has 11 heteroatoms. The lowest BCUT2D eigenvalue weighted by atomic mass is 9.96. The van der Waals surface area contributed by atoms with E-state index in [-0.39, 0.29) is 35.4 Å². The van der Waals surface area contributed by atoms with E-state index in [0.717, 1.165) is 6.42 Å². The Morgan fingerprint density at radius 3 is 2.41 bits per heavy atom. The van der Waals surface area contributed by atoms with Gasteiger partial charge in [0.05, 0.1) is 4.90 Å². The Morgan fingerprint density at radius 1 is 1.19 bits per heavy atom. The summed E-state index contributed by atoms with van der Waals surface area (Å²) >= 11 is 0. The van der Waals surface area contributed by atoms with Crippen LogP contribution >= 0.6 is 0 Å². The molecular formula is C21H29N5O5S. The molecule has 0 unspecified atom stereocenters. The predicted octanol–water partition coefficient (Wildman–Crippen LogP) is 0.983. The van der Waals surface area contributed by atoms with Gasteiger partial charge in [-0.3, -0.25) is 19.1 Å². The quantitative estimate of drug-likeness (QED) is 0.628. The Balaban J connectivity index is 1.76. The van der Waals surface area contributed by atoms with Crippen molar-refractivity contribution in [3.63, 3.8) is 0 Å². The van der Waals surface area contributed by atoms with Gasteiger partial charge in [0.2, 0.25) is 15.9 Å². The maximum Gasteiger partial charge on any atom is 0.330 e. The number of nitrogens with zero attached hydrogens (tertiary/aromatic N) is 3. The van der Waals surface area contributed by atoms with Gasteiger partial charge in [0, 0.05) is 32.6 Å². The normalized spacial score (nSPS) is 15.6.